The maximum atomic E-state index is 5.37. The van der Waals surface area contributed by atoms with E-state index < -0.39 is 0 Å². The van der Waals surface area contributed by atoms with Gasteiger partial charge in [0, 0.05) is 10.3 Å². The highest BCUT2D eigenvalue weighted by atomic mass is 79.9. The number of fused-ring (bicyclic) bond motifs is 1. The van der Waals surface area contributed by atoms with Crippen LogP contribution in [0.3, 0.4) is 0 Å². The lowest BCUT2D eigenvalue weighted by molar-refractivity contribution is 0.530. The lowest BCUT2D eigenvalue weighted by atomic mass is 10.0. The summed E-state index contributed by atoms with van der Waals surface area (Å²) in [5.41, 5.74) is 2.52. The molecule has 3 heteroatoms. The van der Waals surface area contributed by atoms with Crippen LogP contribution in [0.25, 0.3) is 10.1 Å². The molecular weight excluding hydrogens is 296 g/mol. The lowest BCUT2D eigenvalue weighted by Gasteiger charge is -2.07. The van der Waals surface area contributed by atoms with Gasteiger partial charge in [0.05, 0.1) is 11.1 Å². The van der Waals surface area contributed by atoms with Crippen LogP contribution in [-0.2, 0) is 0 Å². The molecule has 0 fully saturated rings. The number of hydrogen-bond acceptors (Lipinski definition) is 2. The first-order valence-corrected chi connectivity index (χ1v) is 7.21. The van der Waals surface area contributed by atoms with E-state index in [0.29, 0.717) is 0 Å². The van der Waals surface area contributed by atoms with Crippen molar-refractivity contribution in [1.29, 1.82) is 0 Å². The Balaban J connectivity index is 2.13. The number of alkyl halides is 1. The van der Waals surface area contributed by atoms with Crippen LogP contribution in [-0.4, -0.2) is 0 Å². The van der Waals surface area contributed by atoms with Crippen LogP contribution in [0.5, 0.6) is 0 Å². The summed E-state index contributed by atoms with van der Waals surface area (Å²) in [6.45, 7) is 2.00. The van der Waals surface area contributed by atoms with Crippen LogP contribution >= 0.6 is 27.3 Å². The summed E-state index contributed by atoms with van der Waals surface area (Å²) in [6.07, 6.45) is 1.74. The first kappa shape index (κ1) is 11.1. The largest absolute Gasteiger partial charge is 0.469 e. The fourth-order valence-corrected chi connectivity index (χ4v) is 4.04. The van der Waals surface area contributed by atoms with E-state index in [9.17, 15) is 0 Å². The van der Waals surface area contributed by atoms with Gasteiger partial charge in [0.1, 0.15) is 5.76 Å². The highest BCUT2D eigenvalue weighted by molar-refractivity contribution is 9.09. The zero-order valence-corrected chi connectivity index (χ0v) is 11.7. The van der Waals surface area contributed by atoms with Crippen LogP contribution in [0.15, 0.2) is 46.4 Å². The normalized spacial score (nSPS) is 13.1. The fraction of sp³-hybridized carbons (Fsp3) is 0.143. The summed E-state index contributed by atoms with van der Waals surface area (Å²) >= 11 is 5.56. The summed E-state index contributed by atoms with van der Waals surface area (Å²) in [5, 5.41) is 3.54. The van der Waals surface area contributed by atoms with E-state index in [1.165, 1.54) is 21.2 Å². The van der Waals surface area contributed by atoms with E-state index in [1.54, 1.807) is 17.6 Å². The molecule has 0 aliphatic heterocycles. The van der Waals surface area contributed by atoms with Crippen LogP contribution in [0.4, 0.5) is 0 Å². The third-order valence-electron chi connectivity index (χ3n) is 2.96. The highest BCUT2D eigenvalue weighted by Crippen LogP contribution is 2.39. The van der Waals surface area contributed by atoms with Gasteiger partial charge < -0.3 is 4.42 Å². The summed E-state index contributed by atoms with van der Waals surface area (Å²) in [5.74, 6) is 0.974. The molecule has 3 rings (SSSR count). The van der Waals surface area contributed by atoms with E-state index in [-0.39, 0.29) is 4.83 Å². The zero-order valence-electron chi connectivity index (χ0n) is 9.31. The number of rotatable bonds is 2. The minimum Gasteiger partial charge on any atom is -0.469 e. The number of furan rings is 1. The van der Waals surface area contributed by atoms with Crippen molar-refractivity contribution in [2.75, 3.05) is 0 Å². The lowest BCUT2D eigenvalue weighted by Crippen LogP contribution is -1.91. The van der Waals surface area contributed by atoms with Crippen LogP contribution < -0.4 is 0 Å². The smallest absolute Gasteiger partial charge is 0.105 e. The van der Waals surface area contributed by atoms with E-state index in [1.807, 2.05) is 13.0 Å². The molecule has 2 heterocycles. The molecule has 17 heavy (non-hydrogen) atoms. The monoisotopic (exact) mass is 306 g/mol. The molecule has 1 aromatic carbocycles. The van der Waals surface area contributed by atoms with Gasteiger partial charge in [-0.05, 0) is 35.4 Å². The molecule has 2 aromatic heterocycles. The Kier molecular flexibility index (Phi) is 2.81. The molecule has 1 atom stereocenters. The minimum absolute atomic E-state index is 0.206. The van der Waals surface area contributed by atoms with E-state index in [2.05, 4.69) is 45.6 Å². The second-order valence-corrected chi connectivity index (χ2v) is 5.81. The minimum atomic E-state index is 0.206. The first-order chi connectivity index (χ1) is 8.27. The van der Waals surface area contributed by atoms with Crippen molar-refractivity contribution in [2.24, 2.45) is 0 Å². The van der Waals surface area contributed by atoms with Gasteiger partial charge in [-0.2, -0.15) is 0 Å². The van der Waals surface area contributed by atoms with Crippen molar-refractivity contribution in [3.05, 3.63) is 58.9 Å². The Bertz CT molecular complexity index is 653. The Morgan fingerprint density at radius 2 is 2.00 bits per heavy atom. The van der Waals surface area contributed by atoms with Gasteiger partial charge in [-0.15, -0.1) is 11.3 Å². The molecule has 0 N–H and O–H groups in total. The Morgan fingerprint density at radius 3 is 2.76 bits per heavy atom. The maximum absolute atomic E-state index is 5.37. The molecule has 86 valence electrons. The molecule has 0 aliphatic rings. The van der Waals surface area contributed by atoms with Gasteiger partial charge in [0.2, 0.25) is 0 Å². The summed E-state index contributed by atoms with van der Waals surface area (Å²) < 4.78 is 6.70. The molecule has 0 aliphatic carbocycles. The van der Waals surface area contributed by atoms with Gasteiger partial charge in [-0.25, -0.2) is 0 Å². The first-order valence-electron chi connectivity index (χ1n) is 5.41. The molecule has 0 saturated heterocycles. The van der Waals surface area contributed by atoms with Gasteiger partial charge in [-0.1, -0.05) is 34.1 Å². The molecule has 3 aromatic rings. The van der Waals surface area contributed by atoms with Crippen molar-refractivity contribution in [3.8, 4) is 0 Å². The standard InChI is InChI=1S/C14H11BrOS/c1-9-10(6-7-16-9)14(15)12-8-17-13-5-3-2-4-11(12)13/h2-8,14H,1H3. The molecule has 1 unspecified atom stereocenters. The Hall–Kier alpha value is -1.06. The second-order valence-electron chi connectivity index (χ2n) is 3.98. The third kappa shape index (κ3) is 1.83. The quantitative estimate of drug-likeness (QED) is 0.587. The van der Waals surface area contributed by atoms with E-state index >= 15 is 0 Å². The Morgan fingerprint density at radius 1 is 1.18 bits per heavy atom. The summed E-state index contributed by atoms with van der Waals surface area (Å²) in [7, 11) is 0. The number of benzene rings is 1. The van der Waals surface area contributed by atoms with E-state index in [4.69, 9.17) is 4.42 Å². The number of halogens is 1. The van der Waals surface area contributed by atoms with Crippen molar-refractivity contribution < 1.29 is 4.42 Å². The van der Waals surface area contributed by atoms with Crippen molar-refractivity contribution >= 4 is 37.4 Å². The van der Waals surface area contributed by atoms with Crippen molar-refractivity contribution in [3.63, 3.8) is 0 Å². The molecule has 0 bridgehead atoms. The number of hydrogen-bond donors (Lipinski definition) is 0. The second kappa shape index (κ2) is 4.31. The van der Waals surface area contributed by atoms with Crippen LogP contribution in [0, 0.1) is 6.92 Å². The average molecular weight is 307 g/mol. The molecule has 0 amide bonds. The molecule has 0 radical (unpaired) electrons. The van der Waals surface area contributed by atoms with Gasteiger partial charge >= 0.3 is 0 Å². The molecular formula is C14H11BrOS. The SMILES string of the molecule is Cc1occc1C(Br)c1csc2ccccc12. The van der Waals surface area contributed by atoms with Crippen molar-refractivity contribution in [2.45, 2.75) is 11.8 Å². The topological polar surface area (TPSA) is 13.1 Å². The number of aryl methyl sites for hydroxylation is 1. The predicted octanol–water partition coefficient (Wildman–Crippen LogP) is 5.29. The van der Waals surface area contributed by atoms with Crippen LogP contribution in [0.2, 0.25) is 0 Å². The van der Waals surface area contributed by atoms with Gasteiger partial charge in [0.25, 0.3) is 0 Å². The predicted molar refractivity (Wildman–Crippen MR) is 76.0 cm³/mol. The highest BCUT2D eigenvalue weighted by Gasteiger charge is 2.18. The summed E-state index contributed by atoms with van der Waals surface area (Å²) in [6, 6.07) is 10.5. The number of thiophene rings is 1. The summed E-state index contributed by atoms with van der Waals surface area (Å²) in [4.78, 5) is 0.206. The van der Waals surface area contributed by atoms with Crippen LogP contribution in [0.1, 0.15) is 21.7 Å². The molecule has 0 spiro atoms. The third-order valence-corrected chi connectivity index (χ3v) is 4.92. The Labute approximate surface area is 112 Å². The molecule has 1 nitrogen and oxygen atoms in total. The maximum Gasteiger partial charge on any atom is 0.105 e. The van der Waals surface area contributed by atoms with Gasteiger partial charge in [0.15, 0.2) is 0 Å². The van der Waals surface area contributed by atoms with E-state index in [0.717, 1.165) is 5.76 Å². The molecule has 0 saturated carbocycles. The zero-order chi connectivity index (χ0) is 11.8. The average Bonchev–Trinajstić information content (AvgIpc) is 2.94. The van der Waals surface area contributed by atoms with Crippen molar-refractivity contribution in [1.82, 2.24) is 0 Å². The van der Waals surface area contributed by atoms with Gasteiger partial charge in [-0.3, -0.25) is 0 Å². The fourth-order valence-electron chi connectivity index (χ4n) is 2.02.